The van der Waals surface area contributed by atoms with E-state index in [9.17, 15) is 0 Å². The van der Waals surface area contributed by atoms with Gasteiger partial charge in [0.05, 0.1) is 5.69 Å². The molecular formula is C5H5N3O. The number of anilines is 1. The molecule has 0 aliphatic heterocycles. The molecule has 2 N–H and O–H groups in total. The Morgan fingerprint density at radius 1 is 1.67 bits per heavy atom. The molecule has 0 saturated heterocycles. The second kappa shape index (κ2) is 1.28. The van der Waals surface area contributed by atoms with Crippen LogP contribution in [0.3, 0.4) is 0 Å². The third-order valence-electron chi connectivity index (χ3n) is 1.15. The van der Waals surface area contributed by atoms with Crippen molar-refractivity contribution in [1.82, 2.24) is 9.56 Å². The Morgan fingerprint density at radius 3 is 3.33 bits per heavy atom. The molecule has 0 spiro atoms. The average molecular weight is 123 g/mol. The van der Waals surface area contributed by atoms with Crippen LogP contribution in [0.25, 0.3) is 5.71 Å². The van der Waals surface area contributed by atoms with E-state index >= 15 is 0 Å². The van der Waals surface area contributed by atoms with Gasteiger partial charge in [0.25, 0.3) is 0 Å². The number of hydrogen-bond acceptors (Lipinski definition) is 3. The molecule has 2 heterocycles. The van der Waals surface area contributed by atoms with E-state index in [1.807, 2.05) is 0 Å². The van der Waals surface area contributed by atoms with Crippen molar-refractivity contribution >= 4 is 11.4 Å². The molecule has 2 aromatic rings. The summed E-state index contributed by atoms with van der Waals surface area (Å²) in [6, 6.07) is 1.72. The normalized spacial score (nSPS) is 10.7. The van der Waals surface area contributed by atoms with Gasteiger partial charge >= 0.3 is 0 Å². The molecule has 46 valence electrons. The van der Waals surface area contributed by atoms with Gasteiger partial charge in [-0.3, -0.25) is 4.40 Å². The minimum Gasteiger partial charge on any atom is -0.397 e. The molecule has 0 aliphatic rings. The van der Waals surface area contributed by atoms with E-state index in [-0.39, 0.29) is 0 Å². The lowest BCUT2D eigenvalue weighted by Crippen LogP contribution is -1.77. The van der Waals surface area contributed by atoms with Crippen LogP contribution in [0.4, 0.5) is 5.69 Å². The zero-order chi connectivity index (χ0) is 6.27. The monoisotopic (exact) mass is 123 g/mol. The Bertz CT molecular complexity index is 293. The molecule has 0 amide bonds. The number of hydrogen-bond donors (Lipinski definition) is 1. The maximum atomic E-state index is 5.43. The highest BCUT2D eigenvalue weighted by atomic mass is 16.5. The van der Waals surface area contributed by atoms with E-state index in [4.69, 9.17) is 10.3 Å². The minimum atomic E-state index is 0.674. The van der Waals surface area contributed by atoms with Crippen molar-refractivity contribution in [3.8, 4) is 0 Å². The smallest absolute Gasteiger partial charge is 0.237 e. The van der Waals surface area contributed by atoms with E-state index in [1.165, 1.54) is 0 Å². The zero-order valence-corrected chi connectivity index (χ0v) is 4.61. The molecule has 0 radical (unpaired) electrons. The van der Waals surface area contributed by atoms with Gasteiger partial charge in [-0.2, -0.15) is 0 Å². The Kier molecular flexibility index (Phi) is 0.631. The zero-order valence-electron chi connectivity index (χ0n) is 4.61. The second-order valence-electron chi connectivity index (χ2n) is 1.83. The number of aromatic nitrogens is 2. The van der Waals surface area contributed by atoms with Gasteiger partial charge < -0.3 is 10.3 Å². The maximum Gasteiger partial charge on any atom is 0.237 e. The molecule has 0 aromatic carbocycles. The number of nitrogens with two attached hydrogens (primary N) is 1. The van der Waals surface area contributed by atoms with Crippen LogP contribution in [-0.4, -0.2) is 9.56 Å². The van der Waals surface area contributed by atoms with Crippen LogP contribution in [0.1, 0.15) is 0 Å². The van der Waals surface area contributed by atoms with Crippen molar-refractivity contribution in [2.75, 3.05) is 5.73 Å². The van der Waals surface area contributed by atoms with Crippen molar-refractivity contribution in [2.45, 2.75) is 0 Å². The lowest BCUT2D eigenvalue weighted by molar-refractivity contribution is 0.455. The summed E-state index contributed by atoms with van der Waals surface area (Å²) in [5, 5.41) is 3.53. The van der Waals surface area contributed by atoms with E-state index in [0.29, 0.717) is 11.4 Å². The molecule has 0 saturated carbocycles. The van der Waals surface area contributed by atoms with Gasteiger partial charge in [-0.1, -0.05) is 5.16 Å². The van der Waals surface area contributed by atoms with Crippen molar-refractivity contribution in [1.29, 1.82) is 0 Å². The summed E-state index contributed by atoms with van der Waals surface area (Å²) >= 11 is 0. The van der Waals surface area contributed by atoms with Crippen molar-refractivity contribution in [3.05, 3.63) is 18.6 Å². The fourth-order valence-corrected chi connectivity index (χ4v) is 0.771. The molecule has 0 aliphatic carbocycles. The molecule has 4 nitrogen and oxygen atoms in total. The SMILES string of the molecule is Nc1cc2oncn2c1. The van der Waals surface area contributed by atoms with Crippen molar-refractivity contribution < 1.29 is 4.52 Å². The average Bonchev–Trinajstić information content (AvgIpc) is 2.22. The van der Waals surface area contributed by atoms with Gasteiger partial charge in [-0.05, 0) is 0 Å². The standard InChI is InChI=1S/C5H5N3O/c6-4-1-5-8(2-4)3-7-9-5/h1-3H,6H2. The van der Waals surface area contributed by atoms with Gasteiger partial charge in [-0.15, -0.1) is 0 Å². The predicted molar refractivity (Wildman–Crippen MR) is 31.9 cm³/mol. The molecule has 4 heteroatoms. The van der Waals surface area contributed by atoms with Crippen LogP contribution in [0.2, 0.25) is 0 Å². The van der Waals surface area contributed by atoms with Gasteiger partial charge in [0.15, 0.2) is 0 Å². The van der Waals surface area contributed by atoms with Crippen LogP contribution in [0.5, 0.6) is 0 Å². The molecule has 9 heavy (non-hydrogen) atoms. The molecular weight excluding hydrogens is 118 g/mol. The first-order valence-electron chi connectivity index (χ1n) is 2.54. The summed E-state index contributed by atoms with van der Waals surface area (Å²) in [6.45, 7) is 0. The van der Waals surface area contributed by atoms with E-state index in [1.54, 1.807) is 23.0 Å². The van der Waals surface area contributed by atoms with Crippen LogP contribution in [-0.2, 0) is 0 Å². The summed E-state index contributed by atoms with van der Waals surface area (Å²) < 4.78 is 6.49. The third kappa shape index (κ3) is 0.495. The Balaban J connectivity index is 2.92. The second-order valence-corrected chi connectivity index (χ2v) is 1.83. The number of fused-ring (bicyclic) bond motifs is 1. The lowest BCUT2D eigenvalue weighted by Gasteiger charge is -1.72. The number of rotatable bonds is 0. The summed E-state index contributed by atoms with van der Waals surface area (Å²) in [5.41, 5.74) is 6.79. The Labute approximate surface area is 50.9 Å². The summed E-state index contributed by atoms with van der Waals surface area (Å²) in [6.07, 6.45) is 3.30. The van der Waals surface area contributed by atoms with Gasteiger partial charge in [0.1, 0.15) is 6.33 Å². The molecule has 0 atom stereocenters. The van der Waals surface area contributed by atoms with Crippen molar-refractivity contribution in [2.24, 2.45) is 0 Å². The first-order valence-corrected chi connectivity index (χ1v) is 2.54. The van der Waals surface area contributed by atoms with Crippen molar-refractivity contribution in [3.63, 3.8) is 0 Å². The Morgan fingerprint density at radius 2 is 2.56 bits per heavy atom. The summed E-state index contributed by atoms with van der Waals surface area (Å²) in [4.78, 5) is 0. The molecule has 2 aromatic heterocycles. The third-order valence-corrected chi connectivity index (χ3v) is 1.15. The molecule has 2 rings (SSSR count). The highest BCUT2D eigenvalue weighted by Gasteiger charge is 1.96. The highest BCUT2D eigenvalue weighted by molar-refractivity contribution is 5.50. The molecule has 0 fully saturated rings. The van der Waals surface area contributed by atoms with Gasteiger partial charge in [0.2, 0.25) is 5.71 Å². The molecule has 0 unspecified atom stereocenters. The van der Waals surface area contributed by atoms with Gasteiger partial charge in [0, 0.05) is 12.3 Å². The van der Waals surface area contributed by atoms with E-state index < -0.39 is 0 Å². The van der Waals surface area contributed by atoms with Crippen LogP contribution in [0.15, 0.2) is 23.1 Å². The fourth-order valence-electron chi connectivity index (χ4n) is 0.771. The topological polar surface area (TPSA) is 56.5 Å². The maximum absolute atomic E-state index is 5.43. The molecule has 0 bridgehead atoms. The van der Waals surface area contributed by atoms with E-state index in [0.717, 1.165) is 0 Å². The predicted octanol–water partition coefficient (Wildman–Crippen LogP) is 0.510. The summed E-state index contributed by atoms with van der Waals surface area (Å²) in [7, 11) is 0. The van der Waals surface area contributed by atoms with Crippen LogP contribution >= 0.6 is 0 Å². The Hall–Kier alpha value is -1.45. The highest BCUT2D eigenvalue weighted by Crippen LogP contribution is 2.08. The van der Waals surface area contributed by atoms with Crippen LogP contribution < -0.4 is 5.73 Å². The van der Waals surface area contributed by atoms with E-state index in [2.05, 4.69) is 5.16 Å². The first kappa shape index (κ1) is 4.43. The fraction of sp³-hybridized carbons (Fsp3) is 0. The largest absolute Gasteiger partial charge is 0.397 e. The minimum absolute atomic E-state index is 0.674. The quantitative estimate of drug-likeness (QED) is 0.555. The number of nitrogen functional groups attached to an aromatic ring is 1. The van der Waals surface area contributed by atoms with Crippen LogP contribution in [0, 0.1) is 0 Å². The first-order chi connectivity index (χ1) is 4.36. The number of nitrogens with zero attached hydrogens (tertiary/aromatic N) is 2. The summed E-state index contributed by atoms with van der Waals surface area (Å²) in [5.74, 6) is 0. The van der Waals surface area contributed by atoms with Gasteiger partial charge in [-0.25, -0.2) is 0 Å². The lowest BCUT2D eigenvalue weighted by atomic mass is 10.6.